The molecule has 3 N–H and O–H groups in total. The fraction of sp³-hybridized carbons (Fsp3) is 0.393. The molecule has 0 unspecified atom stereocenters. The number of rotatable bonds is 9. The summed E-state index contributed by atoms with van der Waals surface area (Å²) in [5, 5.41) is 16.1. The van der Waals surface area contributed by atoms with Gasteiger partial charge in [-0.3, -0.25) is 4.79 Å². The van der Waals surface area contributed by atoms with Crippen molar-refractivity contribution in [1.29, 1.82) is 0 Å². The minimum Gasteiger partial charge on any atom is -0.497 e. The predicted molar refractivity (Wildman–Crippen MR) is 153 cm³/mol. The molecule has 1 aromatic heterocycles. The van der Waals surface area contributed by atoms with E-state index in [4.69, 9.17) is 21.1 Å². The molecular formula is C28H31ClFN5O6S. The van der Waals surface area contributed by atoms with E-state index in [0.717, 1.165) is 17.1 Å². The molecule has 0 spiro atoms. The van der Waals surface area contributed by atoms with Crippen molar-refractivity contribution in [3.05, 3.63) is 64.6 Å². The van der Waals surface area contributed by atoms with E-state index < -0.39 is 40.4 Å². The summed E-state index contributed by atoms with van der Waals surface area (Å²) in [5.74, 6) is -0.661. The van der Waals surface area contributed by atoms with Gasteiger partial charge in [-0.2, -0.15) is 4.31 Å². The van der Waals surface area contributed by atoms with Crippen molar-refractivity contribution in [2.75, 3.05) is 32.2 Å². The number of anilines is 1. The first-order valence-corrected chi connectivity index (χ1v) is 15.2. The number of hydrogen-bond acceptors (Lipinski definition) is 9. The van der Waals surface area contributed by atoms with E-state index in [1.54, 1.807) is 12.1 Å². The minimum atomic E-state index is -4.08. The van der Waals surface area contributed by atoms with Crippen LogP contribution in [-0.4, -0.2) is 72.7 Å². The van der Waals surface area contributed by atoms with Gasteiger partial charge in [0.1, 0.15) is 17.6 Å². The number of nitrogens with one attached hydrogen (secondary N) is 2. The Hall–Kier alpha value is -3.36. The smallest absolute Gasteiger partial charge is 0.244 e. The summed E-state index contributed by atoms with van der Waals surface area (Å²) in [4.78, 5) is 22.1. The Morgan fingerprint density at radius 2 is 2.02 bits per heavy atom. The van der Waals surface area contributed by atoms with Gasteiger partial charge in [0, 0.05) is 37.4 Å². The predicted octanol–water partition coefficient (Wildman–Crippen LogP) is 3.28. The summed E-state index contributed by atoms with van der Waals surface area (Å²) in [6.45, 7) is 2.18. The molecule has 0 bridgehead atoms. The molecule has 11 nitrogen and oxygen atoms in total. The highest BCUT2D eigenvalue weighted by molar-refractivity contribution is 7.89. The van der Waals surface area contributed by atoms with E-state index in [2.05, 4.69) is 20.6 Å². The van der Waals surface area contributed by atoms with Crippen LogP contribution in [0.4, 0.5) is 10.3 Å². The zero-order chi connectivity index (χ0) is 30.0. The zero-order valence-electron chi connectivity index (χ0n) is 23.0. The number of methoxy groups -OCH3 is 1. The topological polar surface area (TPSA) is 143 Å². The largest absolute Gasteiger partial charge is 0.497 e. The van der Waals surface area contributed by atoms with Crippen LogP contribution in [0.1, 0.15) is 36.9 Å². The van der Waals surface area contributed by atoms with Crippen molar-refractivity contribution in [3.63, 3.8) is 0 Å². The number of aliphatic hydroxyl groups is 1. The Balaban J connectivity index is 1.35. The molecule has 2 aromatic carbocycles. The van der Waals surface area contributed by atoms with Crippen molar-refractivity contribution >= 4 is 33.5 Å². The van der Waals surface area contributed by atoms with Crippen LogP contribution < -0.4 is 15.4 Å². The Labute approximate surface area is 248 Å². The maximum Gasteiger partial charge on any atom is 0.244 e. The third-order valence-electron chi connectivity index (χ3n) is 7.39. The number of aromatic nitrogens is 2. The Morgan fingerprint density at radius 1 is 1.26 bits per heavy atom. The van der Waals surface area contributed by atoms with Crippen LogP contribution in [0.25, 0.3) is 11.3 Å². The molecule has 2 atom stereocenters. The Bertz CT molecular complexity index is 1590. The lowest BCUT2D eigenvalue weighted by atomic mass is 10.1. The Kier molecular flexibility index (Phi) is 8.94. The van der Waals surface area contributed by atoms with Crippen molar-refractivity contribution < 1.29 is 32.2 Å². The van der Waals surface area contributed by atoms with E-state index in [9.17, 15) is 22.7 Å². The summed E-state index contributed by atoms with van der Waals surface area (Å²) in [6.07, 6.45) is 3.10. The van der Waals surface area contributed by atoms with Gasteiger partial charge in [0.15, 0.2) is 0 Å². The third-order valence-corrected chi connectivity index (χ3v) is 9.67. The molecule has 1 amide bonds. The first kappa shape index (κ1) is 30.1. The average molecular weight is 620 g/mol. The molecule has 42 heavy (non-hydrogen) atoms. The van der Waals surface area contributed by atoms with Gasteiger partial charge in [-0.15, -0.1) is 0 Å². The number of aliphatic hydroxyl groups excluding tert-OH is 1. The number of nitrogens with zero attached hydrogens (tertiary/aromatic N) is 3. The van der Waals surface area contributed by atoms with Crippen LogP contribution in [-0.2, 0) is 26.1 Å². The molecule has 0 radical (unpaired) electrons. The monoisotopic (exact) mass is 619 g/mol. The highest BCUT2D eigenvalue weighted by Gasteiger charge is 2.41. The Morgan fingerprint density at radius 3 is 2.74 bits per heavy atom. The van der Waals surface area contributed by atoms with Crippen molar-refractivity contribution in [3.8, 4) is 17.0 Å². The fourth-order valence-corrected chi connectivity index (χ4v) is 7.04. The molecule has 1 saturated heterocycles. The van der Waals surface area contributed by atoms with Crippen molar-refractivity contribution in [2.45, 2.75) is 49.3 Å². The van der Waals surface area contributed by atoms with Crippen LogP contribution >= 0.6 is 11.6 Å². The van der Waals surface area contributed by atoms with Gasteiger partial charge in [0.25, 0.3) is 0 Å². The molecule has 14 heteroatoms. The number of ether oxygens (including phenoxy) is 2. The van der Waals surface area contributed by atoms with Gasteiger partial charge in [-0.1, -0.05) is 23.7 Å². The maximum atomic E-state index is 14.0. The molecule has 3 heterocycles. The highest BCUT2D eigenvalue weighted by Crippen LogP contribution is 2.36. The first-order chi connectivity index (χ1) is 20.1. The lowest BCUT2D eigenvalue weighted by Crippen LogP contribution is -2.46. The molecule has 5 rings (SSSR count). The van der Waals surface area contributed by atoms with E-state index >= 15 is 0 Å². The maximum absolute atomic E-state index is 14.0. The van der Waals surface area contributed by atoms with Crippen LogP contribution in [0.5, 0.6) is 5.75 Å². The summed E-state index contributed by atoms with van der Waals surface area (Å²) >= 11 is 6.42. The molecule has 3 aromatic rings. The second-order valence-electron chi connectivity index (χ2n) is 10.1. The number of hydrogen-bond donors (Lipinski definition) is 3. The summed E-state index contributed by atoms with van der Waals surface area (Å²) in [5.41, 5.74) is 1.65. The molecular weight excluding hydrogens is 589 g/mol. The van der Waals surface area contributed by atoms with E-state index in [1.807, 2.05) is 0 Å². The second-order valence-corrected chi connectivity index (χ2v) is 12.4. The standard InChI is InChI=1S/C28H31ClFN5O6S/c1-16(27(37)33-24(15-36)19-9-20(30)12-22(10-19)40-2)35-14-18-4-3-17(11-25(18)42(35,38)39)26-23(29)13-31-28(34-26)32-21-5-7-41-8-6-21/h3-4,9-13,16,21,24,36H,5-8,14-15H2,1-2H3,(H,33,37)(H,31,32,34)/t16-,24-/m1/s1. The van der Waals surface area contributed by atoms with Crippen LogP contribution in [0.2, 0.25) is 5.02 Å². The summed E-state index contributed by atoms with van der Waals surface area (Å²) in [7, 11) is -2.71. The summed E-state index contributed by atoms with van der Waals surface area (Å²) in [6, 6.07) is 6.77. The third kappa shape index (κ3) is 6.20. The number of fused-ring (bicyclic) bond motifs is 1. The SMILES string of the molecule is COc1cc(F)cc([C@@H](CO)NC(=O)[C@@H](C)N2Cc3ccc(-c4nc(NC5CCOCC5)ncc4Cl)cc3S2(=O)=O)c1. The fourth-order valence-electron chi connectivity index (χ4n) is 5.02. The number of benzene rings is 2. The van der Waals surface area contributed by atoms with Crippen molar-refractivity contribution in [1.82, 2.24) is 19.6 Å². The number of sulfonamides is 1. The lowest BCUT2D eigenvalue weighted by Gasteiger charge is -2.25. The van der Waals surface area contributed by atoms with Gasteiger partial charge >= 0.3 is 0 Å². The molecule has 2 aliphatic rings. The molecule has 0 saturated carbocycles. The number of amides is 1. The normalized spacial score (nSPS) is 18.2. The van der Waals surface area contributed by atoms with E-state index in [-0.39, 0.29) is 33.8 Å². The number of carbonyl (C=O) groups is 1. The van der Waals surface area contributed by atoms with E-state index in [1.165, 1.54) is 44.5 Å². The van der Waals surface area contributed by atoms with Crippen molar-refractivity contribution in [2.24, 2.45) is 0 Å². The molecule has 1 fully saturated rings. The first-order valence-electron chi connectivity index (χ1n) is 13.4. The number of carbonyl (C=O) groups excluding carboxylic acids is 1. The minimum absolute atomic E-state index is 0.0296. The lowest BCUT2D eigenvalue weighted by molar-refractivity contribution is -0.125. The van der Waals surface area contributed by atoms with E-state index in [0.29, 0.717) is 36.0 Å². The van der Waals surface area contributed by atoms with Gasteiger partial charge in [0.2, 0.25) is 21.9 Å². The molecule has 0 aliphatic carbocycles. The van der Waals surface area contributed by atoms with Gasteiger partial charge in [0.05, 0.1) is 41.6 Å². The van der Waals surface area contributed by atoms with Gasteiger partial charge in [-0.05, 0) is 49.1 Å². The molecule has 2 aliphatic heterocycles. The van der Waals surface area contributed by atoms with Gasteiger partial charge in [-0.25, -0.2) is 22.8 Å². The number of halogens is 2. The van der Waals surface area contributed by atoms with Gasteiger partial charge < -0.3 is 25.2 Å². The average Bonchev–Trinajstić information content (AvgIpc) is 3.25. The quantitative estimate of drug-likeness (QED) is 0.329. The zero-order valence-corrected chi connectivity index (χ0v) is 24.6. The van der Waals surface area contributed by atoms with Crippen LogP contribution in [0.3, 0.4) is 0 Å². The van der Waals surface area contributed by atoms with Crippen LogP contribution in [0, 0.1) is 5.82 Å². The second kappa shape index (κ2) is 12.5. The van der Waals surface area contributed by atoms with Crippen LogP contribution in [0.15, 0.2) is 47.5 Å². The summed E-state index contributed by atoms with van der Waals surface area (Å²) < 4.78 is 52.8. The molecule has 224 valence electrons. The highest BCUT2D eigenvalue weighted by atomic mass is 35.5.